The van der Waals surface area contributed by atoms with Gasteiger partial charge in [-0.15, -0.1) is 0 Å². The molecule has 0 aromatic rings. The number of hydrogen-bond acceptors (Lipinski definition) is 4. The first kappa shape index (κ1) is 11.9. The van der Waals surface area contributed by atoms with Gasteiger partial charge in [0.05, 0.1) is 6.10 Å². The fourth-order valence-electron chi connectivity index (χ4n) is 2.14. The van der Waals surface area contributed by atoms with Crippen LogP contribution >= 0.6 is 0 Å². The minimum Gasteiger partial charge on any atom is -0.383 e. The topological polar surface area (TPSA) is 41.9 Å². The van der Waals surface area contributed by atoms with Crippen LogP contribution in [0.3, 0.4) is 0 Å². The third kappa shape index (κ3) is 2.08. The molecule has 14 heavy (non-hydrogen) atoms. The van der Waals surface area contributed by atoms with E-state index < -0.39 is 11.9 Å². The number of rotatable bonds is 2. The monoisotopic (exact) mass is 203 g/mol. The quantitative estimate of drug-likeness (QED) is 0.707. The summed E-state index contributed by atoms with van der Waals surface area (Å²) in [6.07, 6.45) is 0.395. The molecule has 4 nitrogen and oxygen atoms in total. The number of nitrogens with zero attached hydrogens (tertiary/aromatic N) is 1. The van der Waals surface area contributed by atoms with Gasteiger partial charge >= 0.3 is 0 Å². The lowest BCUT2D eigenvalue weighted by Crippen LogP contribution is -2.62. The maximum absolute atomic E-state index is 10.3. The van der Waals surface area contributed by atoms with Gasteiger partial charge < -0.3 is 19.5 Å². The fourth-order valence-corrected chi connectivity index (χ4v) is 2.14. The minimum atomic E-state index is -0.954. The smallest absolute Gasteiger partial charge is 0.187 e. The summed E-state index contributed by atoms with van der Waals surface area (Å²) in [7, 11) is 5.48. The summed E-state index contributed by atoms with van der Waals surface area (Å²) in [5.41, 5.74) is -0.954. The molecular formula is C10H21NO3. The predicted octanol–water partition coefficient (Wildman–Crippen LogP) is 0.449. The molecule has 0 spiro atoms. The molecule has 1 N–H and O–H groups in total. The van der Waals surface area contributed by atoms with Gasteiger partial charge in [0.25, 0.3) is 0 Å². The molecule has 0 aromatic carbocycles. The van der Waals surface area contributed by atoms with E-state index in [1.807, 2.05) is 25.9 Å². The molecule has 0 bridgehead atoms. The molecule has 1 rings (SSSR count). The molecule has 0 radical (unpaired) electrons. The highest BCUT2D eigenvalue weighted by molar-refractivity contribution is 4.95. The van der Waals surface area contributed by atoms with Crippen molar-refractivity contribution in [1.29, 1.82) is 0 Å². The van der Waals surface area contributed by atoms with Crippen LogP contribution in [-0.2, 0) is 9.47 Å². The second-order valence-electron chi connectivity index (χ2n) is 4.46. The lowest BCUT2D eigenvalue weighted by Gasteiger charge is -2.47. The fraction of sp³-hybridized carbons (Fsp3) is 1.00. The molecular weight excluding hydrogens is 182 g/mol. The Morgan fingerprint density at radius 3 is 2.50 bits per heavy atom. The Balaban J connectivity index is 2.83. The van der Waals surface area contributed by atoms with Crippen molar-refractivity contribution in [3.05, 3.63) is 0 Å². The Kier molecular flexibility index (Phi) is 3.53. The van der Waals surface area contributed by atoms with E-state index in [-0.39, 0.29) is 12.1 Å². The van der Waals surface area contributed by atoms with Gasteiger partial charge in [0.1, 0.15) is 5.60 Å². The number of hydrogen-bond donors (Lipinski definition) is 1. The highest BCUT2D eigenvalue weighted by atomic mass is 16.7. The Hall–Kier alpha value is -0.160. The van der Waals surface area contributed by atoms with Gasteiger partial charge in [-0.1, -0.05) is 0 Å². The summed E-state index contributed by atoms with van der Waals surface area (Å²) in [6, 6.07) is 0.0659. The van der Waals surface area contributed by atoms with E-state index in [0.717, 1.165) is 6.42 Å². The molecule has 0 amide bonds. The first-order valence-corrected chi connectivity index (χ1v) is 4.96. The highest BCUT2D eigenvalue weighted by Gasteiger charge is 2.47. The SMILES string of the molecule is CO[C@@H]1O[C@H](C)C[C@H](N(C)C)[C@]1(C)O. The molecule has 0 saturated carbocycles. The number of methoxy groups -OCH3 is 1. The first-order valence-electron chi connectivity index (χ1n) is 4.96. The van der Waals surface area contributed by atoms with Crippen LogP contribution in [0.2, 0.25) is 0 Å². The average Bonchev–Trinajstić information content (AvgIpc) is 2.07. The van der Waals surface area contributed by atoms with Gasteiger partial charge in [-0.05, 0) is 34.4 Å². The summed E-state index contributed by atoms with van der Waals surface area (Å²) >= 11 is 0. The summed E-state index contributed by atoms with van der Waals surface area (Å²) in [5.74, 6) is 0. The van der Waals surface area contributed by atoms with Gasteiger partial charge in [-0.2, -0.15) is 0 Å². The van der Waals surface area contributed by atoms with Crippen LogP contribution in [0.25, 0.3) is 0 Å². The lowest BCUT2D eigenvalue weighted by atomic mass is 9.87. The van der Waals surface area contributed by atoms with E-state index in [1.54, 1.807) is 14.0 Å². The van der Waals surface area contributed by atoms with Crippen LogP contribution in [0.1, 0.15) is 20.3 Å². The Labute approximate surface area is 85.8 Å². The highest BCUT2D eigenvalue weighted by Crippen LogP contribution is 2.31. The summed E-state index contributed by atoms with van der Waals surface area (Å²) < 4.78 is 10.7. The van der Waals surface area contributed by atoms with Crippen LogP contribution in [0.4, 0.5) is 0 Å². The predicted molar refractivity (Wildman–Crippen MR) is 54.1 cm³/mol. The third-order valence-electron chi connectivity index (χ3n) is 2.90. The maximum Gasteiger partial charge on any atom is 0.187 e. The van der Waals surface area contributed by atoms with Crippen molar-refractivity contribution in [3.8, 4) is 0 Å². The number of ether oxygens (including phenoxy) is 2. The van der Waals surface area contributed by atoms with Crippen LogP contribution in [0, 0.1) is 0 Å². The van der Waals surface area contributed by atoms with Crippen molar-refractivity contribution in [1.82, 2.24) is 4.90 Å². The zero-order valence-corrected chi connectivity index (χ0v) is 9.65. The van der Waals surface area contributed by atoms with Crippen LogP contribution in [0.15, 0.2) is 0 Å². The molecule has 4 heteroatoms. The Morgan fingerprint density at radius 2 is 2.07 bits per heavy atom. The van der Waals surface area contributed by atoms with Crippen molar-refractivity contribution < 1.29 is 14.6 Å². The van der Waals surface area contributed by atoms with Crippen molar-refractivity contribution in [2.75, 3.05) is 21.2 Å². The zero-order chi connectivity index (χ0) is 10.9. The Bertz CT molecular complexity index is 194. The molecule has 1 saturated heterocycles. The lowest BCUT2D eigenvalue weighted by molar-refractivity contribution is -0.283. The zero-order valence-electron chi connectivity index (χ0n) is 9.65. The molecule has 1 aliphatic heterocycles. The molecule has 1 heterocycles. The minimum absolute atomic E-state index is 0.0659. The van der Waals surface area contributed by atoms with Crippen LogP contribution < -0.4 is 0 Å². The third-order valence-corrected chi connectivity index (χ3v) is 2.90. The van der Waals surface area contributed by atoms with E-state index >= 15 is 0 Å². The van der Waals surface area contributed by atoms with Gasteiger partial charge in [0.2, 0.25) is 0 Å². The molecule has 0 unspecified atom stereocenters. The van der Waals surface area contributed by atoms with Crippen LogP contribution in [0.5, 0.6) is 0 Å². The van der Waals surface area contributed by atoms with E-state index in [2.05, 4.69) is 0 Å². The average molecular weight is 203 g/mol. The van der Waals surface area contributed by atoms with Gasteiger partial charge in [0.15, 0.2) is 6.29 Å². The van der Waals surface area contributed by atoms with E-state index in [9.17, 15) is 5.11 Å². The van der Waals surface area contributed by atoms with E-state index in [4.69, 9.17) is 9.47 Å². The van der Waals surface area contributed by atoms with Gasteiger partial charge in [-0.25, -0.2) is 0 Å². The van der Waals surface area contributed by atoms with Crippen molar-refractivity contribution >= 4 is 0 Å². The summed E-state index contributed by atoms with van der Waals surface area (Å²) in [6.45, 7) is 3.76. The normalized spacial score (nSPS) is 44.4. The molecule has 4 atom stereocenters. The standard InChI is InChI=1S/C10H21NO3/c1-7-6-8(11(3)4)10(2,12)9(13-5)14-7/h7-9,12H,6H2,1-5H3/t7-,8+,9-,10+/m1/s1. The largest absolute Gasteiger partial charge is 0.383 e. The van der Waals surface area contributed by atoms with Crippen molar-refractivity contribution in [3.63, 3.8) is 0 Å². The molecule has 0 aromatic heterocycles. The first-order chi connectivity index (χ1) is 6.39. The maximum atomic E-state index is 10.3. The van der Waals surface area contributed by atoms with Crippen LogP contribution in [-0.4, -0.2) is 55.2 Å². The van der Waals surface area contributed by atoms with E-state index in [1.165, 1.54) is 0 Å². The Morgan fingerprint density at radius 1 is 1.50 bits per heavy atom. The summed E-state index contributed by atoms with van der Waals surface area (Å²) in [4.78, 5) is 2.02. The van der Waals surface area contributed by atoms with Gasteiger partial charge in [0, 0.05) is 13.2 Å². The number of aliphatic hydroxyl groups is 1. The second kappa shape index (κ2) is 4.14. The van der Waals surface area contributed by atoms with Gasteiger partial charge in [-0.3, -0.25) is 0 Å². The number of likely N-dealkylation sites (N-methyl/N-ethyl adjacent to an activating group) is 1. The molecule has 1 fully saturated rings. The molecule has 84 valence electrons. The second-order valence-corrected chi connectivity index (χ2v) is 4.46. The van der Waals surface area contributed by atoms with Crippen molar-refractivity contribution in [2.45, 2.75) is 44.3 Å². The van der Waals surface area contributed by atoms with Crippen molar-refractivity contribution in [2.24, 2.45) is 0 Å². The molecule has 1 aliphatic rings. The van der Waals surface area contributed by atoms with E-state index in [0.29, 0.717) is 0 Å². The summed E-state index contributed by atoms with van der Waals surface area (Å²) in [5, 5.41) is 10.3. The molecule has 0 aliphatic carbocycles.